The Morgan fingerprint density at radius 2 is 1.76 bits per heavy atom. The minimum absolute atomic E-state index is 0.0624. The minimum Gasteiger partial charge on any atom is -0.369 e. The van der Waals surface area contributed by atoms with Gasteiger partial charge in [-0.3, -0.25) is 14.5 Å². The number of benzene rings is 1. The lowest BCUT2D eigenvalue weighted by atomic mass is 9.65. The summed E-state index contributed by atoms with van der Waals surface area (Å²) in [6, 6.07) is 8.29. The number of nitrogens with zero attached hydrogens (tertiary/aromatic N) is 1. The fourth-order valence-corrected chi connectivity index (χ4v) is 5.69. The van der Waals surface area contributed by atoms with Gasteiger partial charge in [0.25, 0.3) is 0 Å². The highest BCUT2D eigenvalue weighted by molar-refractivity contribution is 5.93. The lowest BCUT2D eigenvalue weighted by Crippen LogP contribution is -2.48. The van der Waals surface area contributed by atoms with Gasteiger partial charge in [0.1, 0.15) is 0 Å². The molecular weight excluding hydrogens is 364 g/mol. The zero-order valence-electron chi connectivity index (χ0n) is 17.2. The summed E-state index contributed by atoms with van der Waals surface area (Å²) in [7, 11) is 0. The van der Waals surface area contributed by atoms with Crippen molar-refractivity contribution in [1.82, 2.24) is 4.90 Å². The predicted molar refractivity (Wildman–Crippen MR) is 114 cm³/mol. The molecule has 6 nitrogen and oxygen atoms in total. The van der Waals surface area contributed by atoms with E-state index in [2.05, 4.69) is 16.3 Å². The van der Waals surface area contributed by atoms with Crippen molar-refractivity contribution >= 4 is 17.5 Å². The number of rotatable bonds is 5. The molecule has 0 aromatic heterocycles. The van der Waals surface area contributed by atoms with Crippen LogP contribution in [0.5, 0.6) is 0 Å². The average Bonchev–Trinajstić information content (AvgIpc) is 2.69. The molecule has 4 rings (SSSR count). The van der Waals surface area contributed by atoms with Gasteiger partial charge in [0.2, 0.25) is 11.8 Å². The van der Waals surface area contributed by atoms with Crippen LogP contribution in [0.3, 0.4) is 0 Å². The van der Waals surface area contributed by atoms with Crippen molar-refractivity contribution in [2.75, 3.05) is 18.4 Å². The molecule has 0 radical (unpaired) electrons. The van der Waals surface area contributed by atoms with Crippen LogP contribution in [0.4, 0.5) is 5.69 Å². The Bertz CT molecular complexity index is 738. The first kappa shape index (κ1) is 20.4. The molecule has 2 amide bonds. The van der Waals surface area contributed by atoms with Gasteiger partial charge < -0.3 is 16.8 Å². The van der Waals surface area contributed by atoms with Crippen LogP contribution >= 0.6 is 0 Å². The third-order valence-corrected chi connectivity index (χ3v) is 7.36. The number of amides is 2. The topological polar surface area (TPSA) is 101 Å². The van der Waals surface area contributed by atoms with Gasteiger partial charge in [-0.05, 0) is 68.5 Å². The first-order chi connectivity index (χ1) is 14.0. The van der Waals surface area contributed by atoms with E-state index in [0.29, 0.717) is 18.4 Å². The SMILES string of the molecule is NC(=O)C1CCCN(Cc2ccccc2NC(=O)C2CC3CCCC(C2)C3N)C1. The van der Waals surface area contributed by atoms with Crippen LogP contribution in [0, 0.1) is 23.7 Å². The molecular formula is C23H34N4O2. The van der Waals surface area contributed by atoms with Crippen molar-refractivity contribution in [3.05, 3.63) is 29.8 Å². The van der Waals surface area contributed by atoms with Crippen molar-refractivity contribution in [2.45, 2.75) is 57.5 Å². The number of nitrogens with two attached hydrogens (primary N) is 2. The Morgan fingerprint density at radius 1 is 1.03 bits per heavy atom. The molecule has 29 heavy (non-hydrogen) atoms. The molecule has 2 aliphatic carbocycles. The number of anilines is 1. The highest BCUT2D eigenvalue weighted by Crippen LogP contribution is 2.42. The number of hydrogen-bond donors (Lipinski definition) is 3. The first-order valence-corrected chi connectivity index (χ1v) is 11.2. The number of fused-ring (bicyclic) bond motifs is 2. The summed E-state index contributed by atoms with van der Waals surface area (Å²) in [5.74, 6) is 0.899. The Hall–Kier alpha value is -1.92. The van der Waals surface area contributed by atoms with Gasteiger partial charge >= 0.3 is 0 Å². The second-order valence-corrected chi connectivity index (χ2v) is 9.32. The molecule has 1 aromatic carbocycles. The highest BCUT2D eigenvalue weighted by atomic mass is 16.2. The van der Waals surface area contributed by atoms with Crippen molar-refractivity contribution in [3.8, 4) is 0 Å². The monoisotopic (exact) mass is 398 g/mol. The molecule has 1 heterocycles. The molecule has 158 valence electrons. The molecule has 3 aliphatic rings. The summed E-state index contributed by atoms with van der Waals surface area (Å²) in [5, 5.41) is 3.21. The highest BCUT2D eigenvalue weighted by Gasteiger charge is 2.40. The van der Waals surface area contributed by atoms with E-state index in [0.717, 1.165) is 62.9 Å². The second-order valence-electron chi connectivity index (χ2n) is 9.32. The van der Waals surface area contributed by atoms with Crippen molar-refractivity contribution in [2.24, 2.45) is 35.1 Å². The standard InChI is InChI=1S/C23H34N4O2/c24-21-15-6-3-7-16(21)12-19(11-15)23(29)26-20-9-2-1-5-17(20)13-27-10-4-8-18(14-27)22(25)28/h1-2,5,9,15-16,18-19,21H,3-4,6-8,10-14,24H2,(H2,25,28)(H,26,29). The predicted octanol–water partition coefficient (Wildman–Crippen LogP) is 2.48. The van der Waals surface area contributed by atoms with E-state index < -0.39 is 0 Å². The number of likely N-dealkylation sites (tertiary alicyclic amines) is 1. The second kappa shape index (κ2) is 8.84. The van der Waals surface area contributed by atoms with Crippen LogP contribution in [-0.2, 0) is 16.1 Å². The Balaban J connectivity index is 1.41. The summed E-state index contributed by atoms with van der Waals surface area (Å²) in [4.78, 5) is 26.9. The lowest BCUT2D eigenvalue weighted by Gasteiger charge is -2.43. The smallest absolute Gasteiger partial charge is 0.227 e. The fraction of sp³-hybridized carbons (Fsp3) is 0.652. The number of nitrogens with one attached hydrogen (secondary N) is 1. The zero-order chi connectivity index (χ0) is 20.4. The molecule has 2 bridgehead atoms. The van der Waals surface area contributed by atoms with Gasteiger partial charge in [0.15, 0.2) is 0 Å². The average molecular weight is 399 g/mol. The number of hydrogen-bond acceptors (Lipinski definition) is 4. The number of primary amides is 1. The van der Waals surface area contributed by atoms with Crippen LogP contribution in [0.1, 0.15) is 50.5 Å². The van der Waals surface area contributed by atoms with Crippen LogP contribution < -0.4 is 16.8 Å². The van der Waals surface area contributed by atoms with E-state index in [4.69, 9.17) is 11.5 Å². The van der Waals surface area contributed by atoms with Crippen molar-refractivity contribution in [1.29, 1.82) is 0 Å². The summed E-state index contributed by atoms with van der Waals surface area (Å²) in [6.45, 7) is 2.37. The van der Waals surface area contributed by atoms with Crippen molar-refractivity contribution < 1.29 is 9.59 Å². The summed E-state index contributed by atoms with van der Waals surface area (Å²) >= 11 is 0. The molecule has 5 N–H and O–H groups in total. The zero-order valence-corrected chi connectivity index (χ0v) is 17.2. The fourth-order valence-electron chi connectivity index (χ4n) is 5.69. The third kappa shape index (κ3) is 4.64. The van der Waals surface area contributed by atoms with E-state index in [1.807, 2.05) is 18.2 Å². The van der Waals surface area contributed by atoms with Gasteiger partial charge in [-0.15, -0.1) is 0 Å². The van der Waals surface area contributed by atoms with Gasteiger partial charge in [-0.25, -0.2) is 0 Å². The molecule has 3 atom stereocenters. The van der Waals surface area contributed by atoms with Crippen LogP contribution in [0.15, 0.2) is 24.3 Å². The molecule has 0 spiro atoms. The third-order valence-electron chi connectivity index (χ3n) is 7.36. The number of carbonyl (C=O) groups excluding carboxylic acids is 2. The summed E-state index contributed by atoms with van der Waals surface area (Å²) in [5.41, 5.74) is 13.9. The van der Waals surface area contributed by atoms with E-state index >= 15 is 0 Å². The first-order valence-electron chi connectivity index (χ1n) is 11.2. The van der Waals surface area contributed by atoms with E-state index in [9.17, 15) is 9.59 Å². The lowest BCUT2D eigenvalue weighted by molar-refractivity contribution is -0.123. The molecule has 1 saturated heterocycles. The van der Waals surface area contributed by atoms with E-state index in [1.54, 1.807) is 0 Å². The molecule has 3 unspecified atom stereocenters. The minimum atomic E-state index is -0.211. The Morgan fingerprint density at radius 3 is 2.48 bits per heavy atom. The maximum atomic E-state index is 13.1. The quantitative estimate of drug-likeness (QED) is 0.709. The maximum absolute atomic E-state index is 13.1. The van der Waals surface area contributed by atoms with Gasteiger partial charge in [-0.1, -0.05) is 24.6 Å². The van der Waals surface area contributed by atoms with Crippen LogP contribution in [0.2, 0.25) is 0 Å². The van der Waals surface area contributed by atoms with E-state index in [-0.39, 0.29) is 29.7 Å². The number of piperidine rings is 1. The van der Waals surface area contributed by atoms with E-state index in [1.165, 1.54) is 6.42 Å². The van der Waals surface area contributed by atoms with Crippen LogP contribution in [0.25, 0.3) is 0 Å². The number of carbonyl (C=O) groups is 2. The van der Waals surface area contributed by atoms with Gasteiger partial charge in [-0.2, -0.15) is 0 Å². The maximum Gasteiger partial charge on any atom is 0.227 e. The normalized spacial score (nSPS) is 32.5. The van der Waals surface area contributed by atoms with Gasteiger partial charge in [0, 0.05) is 30.7 Å². The summed E-state index contributed by atoms with van der Waals surface area (Å²) in [6.07, 6.45) is 7.25. The van der Waals surface area contributed by atoms with Crippen molar-refractivity contribution in [3.63, 3.8) is 0 Å². The summed E-state index contributed by atoms with van der Waals surface area (Å²) < 4.78 is 0. The molecule has 3 fully saturated rings. The molecule has 2 saturated carbocycles. The largest absolute Gasteiger partial charge is 0.369 e. The molecule has 1 aliphatic heterocycles. The molecule has 1 aromatic rings. The Labute approximate surface area is 173 Å². The number of para-hydroxylation sites is 1. The van der Waals surface area contributed by atoms with Crippen LogP contribution in [-0.4, -0.2) is 35.8 Å². The van der Waals surface area contributed by atoms with Gasteiger partial charge in [0.05, 0.1) is 5.92 Å². The Kier molecular flexibility index (Phi) is 6.20. The molecule has 6 heteroatoms.